The summed E-state index contributed by atoms with van der Waals surface area (Å²) in [5, 5.41) is 0.515. The van der Waals surface area contributed by atoms with Gasteiger partial charge < -0.3 is 9.32 Å². The predicted octanol–water partition coefficient (Wildman–Crippen LogP) is 4.27. The molecule has 0 saturated heterocycles. The first-order chi connectivity index (χ1) is 9.70. The van der Waals surface area contributed by atoms with E-state index in [4.69, 9.17) is 21.0 Å². The molecule has 0 aliphatic rings. The van der Waals surface area contributed by atoms with Gasteiger partial charge in [0.05, 0.1) is 6.26 Å². The van der Waals surface area contributed by atoms with Gasteiger partial charge in [0.25, 0.3) is 0 Å². The molecule has 4 nitrogen and oxygen atoms in total. The lowest BCUT2D eigenvalue weighted by Gasteiger charge is -2.24. The van der Waals surface area contributed by atoms with Crippen LogP contribution in [0.1, 0.15) is 43.5 Å². The lowest BCUT2D eigenvalue weighted by atomic mass is 9.95. The van der Waals surface area contributed by atoms with Crippen LogP contribution in [0.2, 0.25) is 5.15 Å². The Kier molecular flexibility index (Phi) is 4.28. The Hall–Kier alpha value is -1.55. The zero-order chi connectivity index (χ0) is 15.8. The highest BCUT2D eigenvalue weighted by Gasteiger charge is 2.22. The first kappa shape index (κ1) is 15.8. The van der Waals surface area contributed by atoms with Crippen molar-refractivity contribution >= 4 is 17.4 Å². The van der Waals surface area contributed by atoms with Crippen molar-refractivity contribution in [3.63, 3.8) is 0 Å². The van der Waals surface area contributed by atoms with Crippen LogP contribution in [0.15, 0.2) is 16.7 Å². The summed E-state index contributed by atoms with van der Waals surface area (Å²) >= 11 is 6.29. The highest BCUT2D eigenvalue weighted by Crippen LogP contribution is 2.28. The van der Waals surface area contributed by atoms with Gasteiger partial charge in [0.1, 0.15) is 22.6 Å². The standard InChI is InChI=1S/C16H22ClN3O/c1-10-13(17)18-15(16(3,4)5)19-14(10)20(6)9-12-7-8-21-11(12)2/h7-8H,9H2,1-6H3. The van der Waals surface area contributed by atoms with Crippen LogP contribution >= 0.6 is 11.6 Å². The van der Waals surface area contributed by atoms with Crippen LogP contribution in [0.3, 0.4) is 0 Å². The predicted molar refractivity (Wildman–Crippen MR) is 86.0 cm³/mol. The third-order valence-electron chi connectivity index (χ3n) is 3.47. The molecule has 0 atom stereocenters. The number of aromatic nitrogens is 2. The smallest absolute Gasteiger partial charge is 0.137 e. The van der Waals surface area contributed by atoms with Crippen molar-refractivity contribution in [1.29, 1.82) is 0 Å². The normalized spacial score (nSPS) is 11.8. The molecule has 2 heterocycles. The Morgan fingerprint density at radius 1 is 1.24 bits per heavy atom. The first-order valence-electron chi connectivity index (χ1n) is 6.99. The van der Waals surface area contributed by atoms with Gasteiger partial charge in [-0.15, -0.1) is 0 Å². The summed E-state index contributed by atoms with van der Waals surface area (Å²) in [4.78, 5) is 11.2. The lowest BCUT2D eigenvalue weighted by Crippen LogP contribution is -2.23. The van der Waals surface area contributed by atoms with E-state index in [1.807, 2.05) is 27.0 Å². The van der Waals surface area contributed by atoms with E-state index in [9.17, 15) is 0 Å². The first-order valence-corrected chi connectivity index (χ1v) is 7.36. The number of rotatable bonds is 3. The summed E-state index contributed by atoms with van der Waals surface area (Å²) in [7, 11) is 2.00. The van der Waals surface area contributed by atoms with Gasteiger partial charge in [-0.1, -0.05) is 32.4 Å². The molecule has 5 heteroatoms. The topological polar surface area (TPSA) is 42.2 Å². The number of aryl methyl sites for hydroxylation is 1. The molecule has 0 fully saturated rings. The van der Waals surface area contributed by atoms with Crippen molar-refractivity contribution in [2.75, 3.05) is 11.9 Å². The van der Waals surface area contributed by atoms with Crippen molar-refractivity contribution in [2.45, 2.75) is 46.6 Å². The number of furan rings is 1. The average molecular weight is 308 g/mol. The van der Waals surface area contributed by atoms with Gasteiger partial charge in [0.15, 0.2) is 0 Å². The third kappa shape index (κ3) is 3.38. The molecule has 0 aliphatic heterocycles. The van der Waals surface area contributed by atoms with Gasteiger partial charge in [-0.05, 0) is 19.9 Å². The van der Waals surface area contributed by atoms with Crippen LogP contribution < -0.4 is 4.90 Å². The average Bonchev–Trinajstić information content (AvgIpc) is 2.76. The molecular formula is C16H22ClN3O. The number of anilines is 1. The molecule has 0 N–H and O–H groups in total. The van der Waals surface area contributed by atoms with Crippen molar-refractivity contribution in [3.8, 4) is 0 Å². The van der Waals surface area contributed by atoms with Crippen LogP contribution in [-0.4, -0.2) is 17.0 Å². The fourth-order valence-electron chi connectivity index (χ4n) is 2.09. The summed E-state index contributed by atoms with van der Waals surface area (Å²) < 4.78 is 5.35. The fraction of sp³-hybridized carbons (Fsp3) is 0.500. The highest BCUT2D eigenvalue weighted by atomic mass is 35.5. The number of hydrogen-bond donors (Lipinski definition) is 0. The van der Waals surface area contributed by atoms with Gasteiger partial charge in [-0.3, -0.25) is 0 Å². The van der Waals surface area contributed by atoms with E-state index in [-0.39, 0.29) is 5.41 Å². The maximum Gasteiger partial charge on any atom is 0.137 e. The molecule has 0 amide bonds. The van der Waals surface area contributed by atoms with Gasteiger partial charge >= 0.3 is 0 Å². The van der Waals surface area contributed by atoms with Crippen LogP contribution in [0.4, 0.5) is 5.82 Å². The summed E-state index contributed by atoms with van der Waals surface area (Å²) in [6.07, 6.45) is 1.71. The number of hydrogen-bond acceptors (Lipinski definition) is 4. The van der Waals surface area contributed by atoms with E-state index in [0.717, 1.165) is 35.1 Å². The fourth-order valence-corrected chi connectivity index (χ4v) is 2.26. The van der Waals surface area contributed by atoms with E-state index < -0.39 is 0 Å². The zero-order valence-corrected chi connectivity index (χ0v) is 14.2. The van der Waals surface area contributed by atoms with Gasteiger partial charge in [-0.2, -0.15) is 0 Å². The van der Waals surface area contributed by atoms with Gasteiger partial charge in [0, 0.05) is 30.1 Å². The van der Waals surface area contributed by atoms with E-state index in [1.165, 1.54) is 0 Å². The van der Waals surface area contributed by atoms with Crippen molar-refractivity contribution < 1.29 is 4.42 Å². The Morgan fingerprint density at radius 3 is 2.43 bits per heavy atom. The van der Waals surface area contributed by atoms with E-state index in [1.54, 1.807) is 6.26 Å². The molecule has 0 radical (unpaired) electrons. The summed E-state index contributed by atoms with van der Waals surface area (Å²) in [5.41, 5.74) is 1.90. The molecule has 114 valence electrons. The van der Waals surface area contributed by atoms with Crippen LogP contribution in [0, 0.1) is 13.8 Å². The third-order valence-corrected chi connectivity index (χ3v) is 3.83. The Bertz CT molecular complexity index is 643. The molecule has 0 bridgehead atoms. The molecule has 21 heavy (non-hydrogen) atoms. The number of nitrogens with zero attached hydrogens (tertiary/aromatic N) is 3. The molecule has 2 rings (SSSR count). The molecule has 0 aromatic carbocycles. The van der Waals surface area contributed by atoms with Crippen LogP contribution in [0.5, 0.6) is 0 Å². The van der Waals surface area contributed by atoms with Crippen molar-refractivity contribution in [1.82, 2.24) is 9.97 Å². The SMILES string of the molecule is Cc1occc1CN(C)c1nc(C(C)(C)C)nc(Cl)c1C. The zero-order valence-electron chi connectivity index (χ0n) is 13.5. The minimum Gasteiger partial charge on any atom is -0.469 e. The maximum atomic E-state index is 6.29. The second-order valence-corrected chi connectivity index (χ2v) is 6.75. The molecule has 0 saturated carbocycles. The molecule has 0 aliphatic carbocycles. The Balaban J connectivity index is 2.38. The van der Waals surface area contributed by atoms with Crippen molar-refractivity contribution in [3.05, 3.63) is 40.2 Å². The summed E-state index contributed by atoms with van der Waals surface area (Å²) in [6.45, 7) is 10.9. The van der Waals surface area contributed by atoms with Gasteiger partial charge in [0.2, 0.25) is 0 Å². The molecular weight excluding hydrogens is 286 g/mol. The van der Waals surface area contributed by atoms with E-state index in [0.29, 0.717) is 5.15 Å². The number of halogens is 1. The molecule has 2 aromatic rings. The minimum atomic E-state index is -0.140. The van der Waals surface area contributed by atoms with Gasteiger partial charge in [-0.25, -0.2) is 9.97 Å². The Labute approximate surface area is 131 Å². The highest BCUT2D eigenvalue weighted by molar-refractivity contribution is 6.30. The van der Waals surface area contributed by atoms with Crippen molar-refractivity contribution in [2.24, 2.45) is 0 Å². The monoisotopic (exact) mass is 307 g/mol. The maximum absolute atomic E-state index is 6.29. The second kappa shape index (κ2) is 5.68. The summed E-state index contributed by atoms with van der Waals surface area (Å²) in [5.74, 6) is 2.54. The summed E-state index contributed by atoms with van der Waals surface area (Å²) in [6, 6.07) is 1.98. The second-order valence-electron chi connectivity index (χ2n) is 6.39. The van der Waals surface area contributed by atoms with Crippen LogP contribution in [-0.2, 0) is 12.0 Å². The van der Waals surface area contributed by atoms with E-state index in [2.05, 4.69) is 30.7 Å². The Morgan fingerprint density at radius 2 is 1.90 bits per heavy atom. The molecule has 2 aromatic heterocycles. The van der Waals surface area contributed by atoms with E-state index >= 15 is 0 Å². The molecule has 0 unspecified atom stereocenters. The quantitative estimate of drug-likeness (QED) is 0.794. The minimum absolute atomic E-state index is 0.140. The lowest BCUT2D eigenvalue weighted by molar-refractivity contribution is 0.529. The largest absolute Gasteiger partial charge is 0.469 e. The molecule has 0 spiro atoms. The van der Waals surface area contributed by atoms with Crippen LogP contribution in [0.25, 0.3) is 0 Å².